The molecule has 0 unspecified atom stereocenters. The zero-order valence-corrected chi connectivity index (χ0v) is 6.70. The Bertz CT molecular complexity index is 131. The van der Waals surface area contributed by atoms with Crippen molar-refractivity contribution in [2.75, 3.05) is 0 Å². The second-order valence-electron chi connectivity index (χ2n) is 0.971. The molecule has 0 spiro atoms. The summed E-state index contributed by atoms with van der Waals surface area (Å²) >= 11 is 0. The number of aliphatic carboxylic acids is 2. The second kappa shape index (κ2) is 6.07. The van der Waals surface area contributed by atoms with Crippen LogP contribution in [0.25, 0.3) is 0 Å². The van der Waals surface area contributed by atoms with Crippen molar-refractivity contribution < 1.29 is 22.7 Å². The van der Waals surface area contributed by atoms with Crippen LogP contribution >= 0.6 is 0 Å². The standard InChI is InChI=1S/C4H4O4.Ca.2H/c5-3(6)1-2-4(7)8;;;/h1-2H,(H,5,6)(H,7,8);;;/q;+2;2*-1/p-2/b2-1+;;;. The quantitative estimate of drug-likeness (QED) is 0.313. The minimum absolute atomic E-state index is 0. The largest absolute Gasteiger partial charge is 2.00 e. The first-order chi connectivity index (χ1) is 3.63. The third-order valence-electron chi connectivity index (χ3n) is 0.355. The maximum atomic E-state index is 9.41. The monoisotopic (exact) mass is 156 g/mol. The zero-order chi connectivity index (χ0) is 6.57. The van der Waals surface area contributed by atoms with Gasteiger partial charge in [-0.1, -0.05) is 0 Å². The van der Waals surface area contributed by atoms with Crippen LogP contribution in [0.4, 0.5) is 0 Å². The fraction of sp³-hybridized carbons (Fsp3) is 0. The van der Waals surface area contributed by atoms with Crippen molar-refractivity contribution in [3.8, 4) is 0 Å². The molecule has 0 saturated heterocycles. The Kier molecular flexibility index (Phi) is 7.89. The van der Waals surface area contributed by atoms with Gasteiger partial charge in [0.1, 0.15) is 0 Å². The van der Waals surface area contributed by atoms with Gasteiger partial charge in [0.15, 0.2) is 0 Å². The van der Waals surface area contributed by atoms with E-state index in [9.17, 15) is 19.8 Å². The average molecular weight is 156 g/mol. The molecule has 0 aliphatic carbocycles. The Labute approximate surface area is 84.1 Å². The SMILES string of the molecule is O=C([O-])/C=C/C(=O)[O-].[Ca+2].[H-].[H-]. The molecule has 0 aromatic heterocycles. The third-order valence-corrected chi connectivity index (χ3v) is 0.355. The van der Waals surface area contributed by atoms with Crippen LogP contribution in [0.1, 0.15) is 2.85 Å². The minimum atomic E-state index is -1.55. The Hall–Kier alpha value is -0.0603. The van der Waals surface area contributed by atoms with Crippen molar-refractivity contribution in [3.63, 3.8) is 0 Å². The molecule has 5 heteroatoms. The number of hydrogen-bond acceptors (Lipinski definition) is 4. The van der Waals surface area contributed by atoms with Gasteiger partial charge in [0.25, 0.3) is 0 Å². The number of carbonyl (C=O) groups is 2. The van der Waals surface area contributed by atoms with E-state index < -0.39 is 11.9 Å². The Morgan fingerprint density at radius 3 is 1.44 bits per heavy atom. The fourth-order valence-corrected chi connectivity index (χ4v) is 0.136. The summed E-state index contributed by atoms with van der Waals surface area (Å²) in [5.41, 5.74) is 0. The van der Waals surface area contributed by atoms with Gasteiger partial charge in [-0.2, -0.15) is 0 Å². The van der Waals surface area contributed by atoms with Gasteiger partial charge in [0, 0.05) is 0 Å². The fourth-order valence-electron chi connectivity index (χ4n) is 0.136. The number of carbonyl (C=O) groups excluding carboxylic acids is 2. The van der Waals surface area contributed by atoms with Gasteiger partial charge in [-0.25, -0.2) is 0 Å². The molecule has 0 radical (unpaired) electrons. The van der Waals surface area contributed by atoms with E-state index in [4.69, 9.17) is 0 Å². The second-order valence-corrected chi connectivity index (χ2v) is 0.971. The first-order valence-electron chi connectivity index (χ1n) is 1.73. The molecule has 0 bridgehead atoms. The molecule has 0 aliphatic heterocycles. The van der Waals surface area contributed by atoms with Crippen LogP contribution in [0.5, 0.6) is 0 Å². The summed E-state index contributed by atoms with van der Waals surface area (Å²) in [6.45, 7) is 0. The van der Waals surface area contributed by atoms with Crippen LogP contribution in [0, 0.1) is 0 Å². The molecule has 0 amide bonds. The summed E-state index contributed by atoms with van der Waals surface area (Å²) in [7, 11) is 0. The summed E-state index contributed by atoms with van der Waals surface area (Å²) in [6.07, 6.45) is 0.769. The normalized spacial score (nSPS) is 8.44. The Morgan fingerprint density at radius 2 is 1.33 bits per heavy atom. The van der Waals surface area contributed by atoms with Gasteiger partial charge in [-0.3, -0.25) is 0 Å². The molecular weight excluding hydrogens is 152 g/mol. The summed E-state index contributed by atoms with van der Waals surface area (Å²) in [6, 6.07) is 0. The molecule has 0 N–H and O–H groups in total. The van der Waals surface area contributed by atoms with Gasteiger partial charge < -0.3 is 22.7 Å². The van der Waals surface area contributed by atoms with Gasteiger partial charge in [0.05, 0.1) is 11.9 Å². The van der Waals surface area contributed by atoms with Crippen LogP contribution in [0.15, 0.2) is 12.2 Å². The van der Waals surface area contributed by atoms with Crippen molar-refractivity contribution in [2.45, 2.75) is 0 Å². The number of rotatable bonds is 2. The molecule has 48 valence electrons. The molecule has 0 rings (SSSR count). The molecule has 9 heavy (non-hydrogen) atoms. The maximum Gasteiger partial charge on any atom is 2.00 e. The zero-order valence-electron chi connectivity index (χ0n) is 6.49. The van der Waals surface area contributed by atoms with E-state index >= 15 is 0 Å². The number of carboxylic acids is 2. The predicted octanol–water partition coefficient (Wildman–Crippen LogP) is -3.11. The van der Waals surface area contributed by atoms with Crippen LogP contribution < -0.4 is 10.2 Å². The van der Waals surface area contributed by atoms with Crippen LogP contribution in [-0.4, -0.2) is 49.7 Å². The van der Waals surface area contributed by atoms with Crippen molar-refractivity contribution in [1.82, 2.24) is 0 Å². The summed E-state index contributed by atoms with van der Waals surface area (Å²) in [5, 5.41) is 18.8. The molecule has 0 heterocycles. The van der Waals surface area contributed by atoms with Crippen LogP contribution in [0.3, 0.4) is 0 Å². The van der Waals surface area contributed by atoms with E-state index in [2.05, 4.69) is 0 Å². The van der Waals surface area contributed by atoms with Crippen LogP contribution in [0.2, 0.25) is 0 Å². The minimum Gasteiger partial charge on any atom is -1.00 e. The van der Waals surface area contributed by atoms with Crippen LogP contribution in [-0.2, 0) is 9.59 Å². The summed E-state index contributed by atoms with van der Waals surface area (Å²) < 4.78 is 0. The molecule has 0 aliphatic rings. The molecule has 0 aromatic carbocycles. The van der Waals surface area contributed by atoms with Crippen molar-refractivity contribution in [2.24, 2.45) is 0 Å². The van der Waals surface area contributed by atoms with Gasteiger partial charge in [-0.15, -0.1) is 0 Å². The predicted molar refractivity (Wildman–Crippen MR) is 27.1 cm³/mol. The topological polar surface area (TPSA) is 80.3 Å². The third kappa shape index (κ3) is 11.5. The molecule has 0 atom stereocenters. The van der Waals surface area contributed by atoms with E-state index in [1.807, 2.05) is 0 Å². The molecule has 4 nitrogen and oxygen atoms in total. The first kappa shape index (κ1) is 11.7. The van der Waals surface area contributed by atoms with Crippen molar-refractivity contribution in [3.05, 3.63) is 12.2 Å². The van der Waals surface area contributed by atoms with E-state index in [0.29, 0.717) is 12.2 Å². The van der Waals surface area contributed by atoms with E-state index in [1.165, 1.54) is 0 Å². The first-order valence-corrected chi connectivity index (χ1v) is 1.73. The summed E-state index contributed by atoms with van der Waals surface area (Å²) in [5.74, 6) is -3.09. The molecular formula is C4H4CaO4-2. The van der Waals surface area contributed by atoms with Gasteiger partial charge in [-0.05, 0) is 12.2 Å². The van der Waals surface area contributed by atoms with E-state index in [0.717, 1.165) is 0 Å². The van der Waals surface area contributed by atoms with E-state index in [-0.39, 0.29) is 40.6 Å². The maximum absolute atomic E-state index is 9.41. The smallest absolute Gasteiger partial charge is 1.00 e. The molecule has 0 saturated carbocycles. The summed E-state index contributed by atoms with van der Waals surface area (Å²) in [4.78, 5) is 18.8. The van der Waals surface area contributed by atoms with E-state index in [1.54, 1.807) is 0 Å². The Morgan fingerprint density at radius 1 is 1.11 bits per heavy atom. The van der Waals surface area contributed by atoms with Crippen molar-refractivity contribution in [1.29, 1.82) is 0 Å². The average Bonchev–Trinajstić information content (AvgIpc) is 1.61. The number of carboxylic acid groups (broad SMARTS) is 2. The molecule has 0 fully saturated rings. The molecule has 0 aromatic rings. The Balaban J connectivity index is -0.0000000817. The van der Waals surface area contributed by atoms with Crippen molar-refractivity contribution >= 4 is 49.7 Å². The number of hydrogen-bond donors (Lipinski definition) is 0. The van der Waals surface area contributed by atoms with Gasteiger partial charge in [0.2, 0.25) is 0 Å². The van der Waals surface area contributed by atoms with Gasteiger partial charge >= 0.3 is 37.7 Å².